The summed E-state index contributed by atoms with van der Waals surface area (Å²) in [5.41, 5.74) is -0.719. The minimum Gasteiger partial charge on any atom is -0.255 e. The molecular formula is C12H10ClF3N2O2S3. The minimum atomic E-state index is -4.85. The molecule has 1 N–H and O–H groups in total. The van der Waals surface area contributed by atoms with Crippen molar-refractivity contribution >= 4 is 49.9 Å². The molecule has 0 saturated heterocycles. The van der Waals surface area contributed by atoms with Gasteiger partial charge in [0.15, 0.2) is 5.13 Å². The smallest absolute Gasteiger partial charge is 0.255 e. The molecule has 0 unspecified atom stereocenters. The highest BCUT2D eigenvalue weighted by molar-refractivity contribution is 8.00. The fourth-order valence-corrected chi connectivity index (χ4v) is 4.97. The number of halogens is 4. The minimum absolute atomic E-state index is 0.00919. The number of nitrogens with one attached hydrogen (secondary N) is 1. The molecule has 0 fully saturated rings. The van der Waals surface area contributed by atoms with E-state index >= 15 is 0 Å². The van der Waals surface area contributed by atoms with Gasteiger partial charge >= 0.3 is 6.18 Å². The number of rotatable bonds is 4. The van der Waals surface area contributed by atoms with Crippen LogP contribution in [0.3, 0.4) is 0 Å². The van der Waals surface area contributed by atoms with Crippen molar-refractivity contribution in [1.82, 2.24) is 4.98 Å². The summed E-state index contributed by atoms with van der Waals surface area (Å²) in [5.74, 6) is 0. The fourth-order valence-electron chi connectivity index (χ4n) is 1.74. The highest BCUT2D eigenvalue weighted by Gasteiger charge is 2.37. The highest BCUT2D eigenvalue weighted by atomic mass is 35.5. The van der Waals surface area contributed by atoms with Gasteiger partial charge in [-0.25, -0.2) is 13.4 Å². The quantitative estimate of drug-likeness (QED) is 0.756. The van der Waals surface area contributed by atoms with Gasteiger partial charge in [0.1, 0.15) is 0 Å². The molecule has 0 atom stereocenters. The van der Waals surface area contributed by atoms with E-state index in [0.29, 0.717) is 11.8 Å². The lowest BCUT2D eigenvalue weighted by atomic mass is 10.2. The highest BCUT2D eigenvalue weighted by Crippen LogP contribution is 2.37. The molecule has 2 aromatic rings. The van der Waals surface area contributed by atoms with E-state index in [1.807, 2.05) is 0 Å². The molecule has 0 aliphatic heterocycles. The van der Waals surface area contributed by atoms with Gasteiger partial charge in [-0.1, -0.05) is 22.9 Å². The van der Waals surface area contributed by atoms with Crippen LogP contribution in [0.2, 0.25) is 5.02 Å². The number of nitrogens with zero attached hydrogens (tertiary/aromatic N) is 1. The van der Waals surface area contributed by atoms with Crippen LogP contribution in [0.5, 0.6) is 0 Å². The second-order valence-corrected chi connectivity index (χ2v) is 8.50. The molecule has 126 valence electrons. The average molecular weight is 403 g/mol. The van der Waals surface area contributed by atoms with E-state index in [4.69, 9.17) is 11.6 Å². The van der Waals surface area contributed by atoms with Gasteiger partial charge in [-0.3, -0.25) is 4.72 Å². The van der Waals surface area contributed by atoms with Crippen molar-refractivity contribution in [3.8, 4) is 0 Å². The third-order valence-electron chi connectivity index (χ3n) is 2.70. The van der Waals surface area contributed by atoms with Crippen LogP contribution in [-0.2, 0) is 16.2 Å². The number of hydrogen-bond acceptors (Lipinski definition) is 5. The summed E-state index contributed by atoms with van der Waals surface area (Å²) < 4.78 is 66.6. The van der Waals surface area contributed by atoms with Crippen LogP contribution in [0.15, 0.2) is 27.3 Å². The number of aryl methyl sites for hydroxylation is 1. The van der Waals surface area contributed by atoms with E-state index in [1.165, 1.54) is 11.8 Å². The van der Waals surface area contributed by atoms with Crippen molar-refractivity contribution < 1.29 is 21.6 Å². The lowest BCUT2D eigenvalue weighted by molar-refractivity contribution is -0.139. The molecule has 23 heavy (non-hydrogen) atoms. The number of thiazole rings is 1. The maximum atomic E-state index is 13.1. The summed E-state index contributed by atoms with van der Waals surface area (Å²) in [6, 6.07) is 2.49. The number of anilines is 1. The van der Waals surface area contributed by atoms with Gasteiger partial charge in [-0.15, -0.1) is 11.8 Å². The Labute approximate surface area is 144 Å². The first kappa shape index (κ1) is 18.4. The van der Waals surface area contributed by atoms with Gasteiger partial charge in [0.25, 0.3) is 10.0 Å². The van der Waals surface area contributed by atoms with Crippen LogP contribution in [0, 0.1) is 6.92 Å². The molecule has 0 radical (unpaired) electrons. The largest absolute Gasteiger partial charge is 0.417 e. The van der Waals surface area contributed by atoms with Crippen LogP contribution in [-0.4, -0.2) is 19.7 Å². The van der Waals surface area contributed by atoms with Crippen LogP contribution < -0.4 is 4.72 Å². The van der Waals surface area contributed by atoms with Gasteiger partial charge in [-0.2, -0.15) is 13.2 Å². The first-order chi connectivity index (χ1) is 10.5. The molecule has 0 saturated carbocycles. The Kier molecular flexibility index (Phi) is 5.19. The van der Waals surface area contributed by atoms with Gasteiger partial charge in [0.2, 0.25) is 0 Å². The number of aromatic nitrogens is 1. The zero-order chi connectivity index (χ0) is 17.4. The fraction of sp³-hybridized carbons (Fsp3) is 0.250. The summed E-state index contributed by atoms with van der Waals surface area (Å²) in [6.07, 6.45) is -3.06. The predicted octanol–water partition coefficient (Wildman–Crippen LogP) is 4.65. The Morgan fingerprint density at radius 3 is 2.52 bits per heavy atom. The second-order valence-electron chi connectivity index (χ2n) is 4.34. The molecule has 11 heteroatoms. The molecular weight excluding hydrogens is 393 g/mol. The van der Waals surface area contributed by atoms with Crippen LogP contribution >= 0.6 is 34.7 Å². The van der Waals surface area contributed by atoms with Gasteiger partial charge in [0.05, 0.1) is 20.4 Å². The number of alkyl halides is 3. The topological polar surface area (TPSA) is 59.1 Å². The Bertz CT molecular complexity index is 835. The number of benzene rings is 1. The monoisotopic (exact) mass is 402 g/mol. The Balaban J connectivity index is 2.47. The first-order valence-corrected chi connectivity index (χ1v) is 9.86. The van der Waals surface area contributed by atoms with E-state index in [0.717, 1.165) is 27.7 Å². The Morgan fingerprint density at radius 1 is 1.35 bits per heavy atom. The van der Waals surface area contributed by atoms with Crippen LogP contribution in [0.25, 0.3) is 0 Å². The molecule has 1 aromatic carbocycles. The Hall–Kier alpha value is -0.970. The van der Waals surface area contributed by atoms with E-state index < -0.39 is 26.7 Å². The summed E-state index contributed by atoms with van der Waals surface area (Å²) in [7, 11) is -4.45. The van der Waals surface area contributed by atoms with Crippen molar-refractivity contribution in [1.29, 1.82) is 0 Å². The van der Waals surface area contributed by atoms with Crippen molar-refractivity contribution in [2.75, 3.05) is 11.0 Å². The second kappa shape index (κ2) is 6.50. The van der Waals surface area contributed by atoms with Crippen molar-refractivity contribution in [2.45, 2.75) is 22.2 Å². The van der Waals surface area contributed by atoms with E-state index in [2.05, 4.69) is 9.71 Å². The summed E-state index contributed by atoms with van der Waals surface area (Å²) in [5, 5.41) is -0.194. The molecule has 0 bridgehead atoms. The maximum Gasteiger partial charge on any atom is 0.417 e. The third-order valence-corrected chi connectivity index (χ3v) is 6.74. The molecule has 0 spiro atoms. The molecule has 0 aliphatic carbocycles. The molecule has 0 aliphatic rings. The van der Waals surface area contributed by atoms with Crippen molar-refractivity contribution in [3.05, 3.63) is 34.5 Å². The van der Waals surface area contributed by atoms with E-state index in [-0.39, 0.29) is 10.2 Å². The SMILES string of the molecule is CSc1sc(NS(=O)(=O)c2ccc(Cl)cc2C(F)(F)F)nc1C. The molecule has 0 amide bonds. The van der Waals surface area contributed by atoms with Gasteiger partial charge < -0.3 is 0 Å². The Morgan fingerprint density at radius 2 is 2.00 bits per heavy atom. The van der Waals surface area contributed by atoms with Gasteiger partial charge in [0, 0.05) is 5.02 Å². The van der Waals surface area contributed by atoms with Gasteiger partial charge in [-0.05, 0) is 31.4 Å². The van der Waals surface area contributed by atoms with Crippen molar-refractivity contribution in [3.63, 3.8) is 0 Å². The van der Waals surface area contributed by atoms with Crippen LogP contribution in [0.4, 0.5) is 18.3 Å². The predicted molar refractivity (Wildman–Crippen MR) is 85.9 cm³/mol. The third kappa shape index (κ3) is 4.11. The zero-order valence-corrected chi connectivity index (χ0v) is 14.9. The van der Waals surface area contributed by atoms with Crippen LogP contribution in [0.1, 0.15) is 11.3 Å². The molecule has 2 rings (SSSR count). The summed E-state index contributed by atoms with van der Waals surface area (Å²) >= 11 is 7.97. The number of sulfonamides is 1. The first-order valence-electron chi connectivity index (χ1n) is 5.95. The summed E-state index contributed by atoms with van der Waals surface area (Å²) in [4.78, 5) is 3.11. The standard InChI is InChI=1S/C12H10ClF3N2O2S3/c1-6-10(21-2)22-11(17-6)18-23(19,20)9-4-3-7(13)5-8(9)12(14,15)16/h3-5H,1-2H3,(H,17,18). The average Bonchev–Trinajstić information content (AvgIpc) is 2.76. The number of hydrogen-bond donors (Lipinski definition) is 1. The van der Waals surface area contributed by atoms with Crippen molar-refractivity contribution in [2.24, 2.45) is 0 Å². The zero-order valence-electron chi connectivity index (χ0n) is 11.7. The summed E-state index contributed by atoms with van der Waals surface area (Å²) in [6.45, 7) is 1.68. The van der Waals surface area contributed by atoms with E-state index in [9.17, 15) is 21.6 Å². The van der Waals surface area contributed by atoms with E-state index in [1.54, 1.807) is 13.2 Å². The number of thioether (sulfide) groups is 1. The molecule has 1 heterocycles. The molecule has 4 nitrogen and oxygen atoms in total. The lowest BCUT2D eigenvalue weighted by Crippen LogP contribution is -2.19. The maximum absolute atomic E-state index is 13.1. The molecule has 1 aromatic heterocycles. The normalized spacial score (nSPS) is 12.4. The lowest BCUT2D eigenvalue weighted by Gasteiger charge is -2.13.